The van der Waals surface area contributed by atoms with Crippen molar-refractivity contribution in [3.63, 3.8) is 0 Å². The van der Waals surface area contributed by atoms with Crippen molar-refractivity contribution in [3.8, 4) is 0 Å². The summed E-state index contributed by atoms with van der Waals surface area (Å²) < 4.78 is 7.04. The molecule has 0 amide bonds. The van der Waals surface area contributed by atoms with Gasteiger partial charge in [-0.05, 0) is 25.7 Å². The van der Waals surface area contributed by atoms with Crippen LogP contribution in [0, 0.1) is 0 Å². The second kappa shape index (κ2) is 5.70. The van der Waals surface area contributed by atoms with Crippen LogP contribution in [0.4, 0.5) is 0 Å². The Bertz CT molecular complexity index is 327. The fraction of sp³-hybridized carbons (Fsp3) is 0.333. The van der Waals surface area contributed by atoms with Gasteiger partial charge in [0.1, 0.15) is 5.76 Å². The Morgan fingerprint density at radius 2 is 1.87 bits per heavy atom. The minimum atomic E-state index is -1.51. The van der Waals surface area contributed by atoms with Gasteiger partial charge >= 0.3 is 0 Å². The van der Waals surface area contributed by atoms with Gasteiger partial charge in [0, 0.05) is 9.99 Å². The number of rotatable bonds is 4. The molecule has 0 unspecified atom stereocenters. The fourth-order valence-electron chi connectivity index (χ4n) is 1.22. The highest BCUT2D eigenvalue weighted by atomic mass is 127. The molecule has 3 heteroatoms. The van der Waals surface area contributed by atoms with Crippen LogP contribution in [0.1, 0.15) is 5.56 Å². The molecule has 0 aromatic heterocycles. The molecule has 0 bridgehead atoms. The van der Waals surface area contributed by atoms with Crippen molar-refractivity contribution in [2.75, 3.05) is 4.43 Å². The van der Waals surface area contributed by atoms with Crippen LogP contribution in [0.5, 0.6) is 0 Å². The number of hydrogen-bond acceptors (Lipinski definition) is 1. The maximum Gasteiger partial charge on any atom is 0.242 e. The Morgan fingerprint density at radius 3 is 2.33 bits per heavy atom. The third kappa shape index (κ3) is 4.84. The monoisotopic (exact) mass is 332 g/mol. The van der Waals surface area contributed by atoms with E-state index < -0.39 is 8.32 Å². The average molecular weight is 332 g/mol. The number of alkyl halides is 1. The number of halogens is 1. The molecule has 0 saturated carbocycles. The molecule has 0 spiro atoms. The smallest absolute Gasteiger partial charge is 0.242 e. The zero-order valence-corrected chi connectivity index (χ0v) is 12.6. The lowest BCUT2D eigenvalue weighted by atomic mass is 10.2. The van der Waals surface area contributed by atoms with Crippen LogP contribution >= 0.6 is 22.6 Å². The highest BCUT2D eigenvalue weighted by molar-refractivity contribution is 14.1. The van der Waals surface area contributed by atoms with Crippen molar-refractivity contribution in [2.45, 2.75) is 19.6 Å². The van der Waals surface area contributed by atoms with Crippen molar-refractivity contribution >= 4 is 36.7 Å². The lowest BCUT2D eigenvalue weighted by Gasteiger charge is -2.22. The molecule has 1 rings (SSSR count). The third-order valence-electron chi connectivity index (χ3n) is 1.74. The van der Waals surface area contributed by atoms with Crippen LogP contribution < -0.4 is 0 Å². The van der Waals surface area contributed by atoms with Crippen LogP contribution in [0.15, 0.2) is 36.4 Å². The molecule has 0 saturated heterocycles. The Hall–Kier alpha value is -0.293. The Balaban J connectivity index is 2.90. The Labute approximate surface area is 107 Å². The van der Waals surface area contributed by atoms with Crippen molar-refractivity contribution in [3.05, 3.63) is 42.0 Å². The van der Waals surface area contributed by atoms with Gasteiger partial charge in [0.2, 0.25) is 8.32 Å². The highest BCUT2D eigenvalue weighted by Gasteiger charge is 2.18. The molecule has 0 fully saturated rings. The molecule has 0 heterocycles. The molecule has 0 radical (unpaired) electrons. The van der Waals surface area contributed by atoms with Gasteiger partial charge in [-0.25, -0.2) is 0 Å². The largest absolute Gasteiger partial charge is 0.544 e. The number of allylic oxidation sites excluding steroid dienone is 1. The van der Waals surface area contributed by atoms with Crippen molar-refractivity contribution in [2.24, 2.45) is 0 Å². The SMILES string of the molecule is C[Si](C)(C)OC(=CCI)c1ccccc1. The molecule has 0 N–H and O–H groups in total. The molecule has 15 heavy (non-hydrogen) atoms. The summed E-state index contributed by atoms with van der Waals surface area (Å²) in [4.78, 5) is 0. The maximum atomic E-state index is 6.06. The minimum absolute atomic E-state index is 0.979. The lowest BCUT2D eigenvalue weighted by Crippen LogP contribution is -2.24. The van der Waals surface area contributed by atoms with E-state index in [2.05, 4.69) is 60.4 Å². The van der Waals surface area contributed by atoms with E-state index in [1.165, 1.54) is 5.56 Å². The van der Waals surface area contributed by atoms with Gasteiger partial charge in [0.05, 0.1) is 0 Å². The topological polar surface area (TPSA) is 9.23 Å². The van der Waals surface area contributed by atoms with Crippen LogP contribution in [0.25, 0.3) is 5.76 Å². The fourth-order valence-corrected chi connectivity index (χ4v) is 2.48. The molecule has 0 aliphatic heterocycles. The summed E-state index contributed by atoms with van der Waals surface area (Å²) in [5.41, 5.74) is 1.18. The van der Waals surface area contributed by atoms with E-state index in [-0.39, 0.29) is 0 Å². The first kappa shape index (κ1) is 12.8. The van der Waals surface area contributed by atoms with Gasteiger partial charge in [-0.2, -0.15) is 0 Å². The van der Waals surface area contributed by atoms with Gasteiger partial charge in [-0.15, -0.1) is 0 Å². The van der Waals surface area contributed by atoms with Crippen LogP contribution in [-0.4, -0.2) is 12.7 Å². The van der Waals surface area contributed by atoms with Crippen LogP contribution in [-0.2, 0) is 4.43 Å². The first-order chi connectivity index (χ1) is 7.03. The second-order valence-corrected chi connectivity index (χ2v) is 9.61. The normalized spacial score (nSPS) is 12.7. The molecule has 0 aliphatic carbocycles. The zero-order valence-electron chi connectivity index (χ0n) is 9.46. The summed E-state index contributed by atoms with van der Waals surface area (Å²) in [6.07, 6.45) is 2.15. The molecule has 0 aliphatic rings. The Morgan fingerprint density at radius 1 is 1.27 bits per heavy atom. The van der Waals surface area contributed by atoms with E-state index >= 15 is 0 Å². The summed E-state index contributed by atoms with van der Waals surface area (Å²) in [7, 11) is -1.51. The predicted octanol–water partition coefficient (Wildman–Crippen LogP) is 4.31. The van der Waals surface area contributed by atoms with Crippen molar-refractivity contribution in [1.82, 2.24) is 0 Å². The number of hydrogen-bond donors (Lipinski definition) is 0. The first-order valence-corrected chi connectivity index (χ1v) is 9.97. The quantitative estimate of drug-likeness (QED) is 0.345. The summed E-state index contributed by atoms with van der Waals surface area (Å²) >= 11 is 2.34. The molecular weight excluding hydrogens is 315 g/mol. The molecule has 82 valence electrons. The van der Waals surface area contributed by atoms with Gasteiger partial charge in [-0.1, -0.05) is 52.9 Å². The van der Waals surface area contributed by atoms with Gasteiger partial charge in [0.25, 0.3) is 0 Å². The van der Waals surface area contributed by atoms with Crippen LogP contribution in [0.3, 0.4) is 0 Å². The lowest BCUT2D eigenvalue weighted by molar-refractivity contribution is 0.514. The average Bonchev–Trinajstić information content (AvgIpc) is 2.17. The Kier molecular flexibility index (Phi) is 4.85. The van der Waals surface area contributed by atoms with Gasteiger partial charge in [-0.3, -0.25) is 0 Å². The molecule has 1 aromatic rings. The third-order valence-corrected chi connectivity index (χ3v) is 3.01. The molecule has 1 aromatic carbocycles. The second-order valence-electron chi connectivity index (χ2n) is 4.30. The van der Waals surface area contributed by atoms with E-state index in [1.54, 1.807) is 0 Å². The minimum Gasteiger partial charge on any atom is -0.544 e. The van der Waals surface area contributed by atoms with Crippen molar-refractivity contribution < 1.29 is 4.43 Å². The summed E-state index contributed by atoms with van der Waals surface area (Å²) in [5, 5.41) is 0. The van der Waals surface area contributed by atoms with E-state index in [1.807, 2.05) is 18.2 Å². The van der Waals surface area contributed by atoms with Crippen LogP contribution in [0.2, 0.25) is 19.6 Å². The molecular formula is C12H17IOSi. The summed E-state index contributed by atoms with van der Waals surface area (Å²) in [6, 6.07) is 10.3. The molecule has 1 nitrogen and oxygen atoms in total. The number of benzene rings is 1. The van der Waals surface area contributed by atoms with E-state index in [0.29, 0.717) is 0 Å². The maximum absolute atomic E-state index is 6.06. The van der Waals surface area contributed by atoms with Gasteiger partial charge in [0.15, 0.2) is 0 Å². The van der Waals surface area contributed by atoms with E-state index in [9.17, 15) is 0 Å². The van der Waals surface area contributed by atoms with Crippen molar-refractivity contribution in [1.29, 1.82) is 0 Å². The predicted molar refractivity (Wildman–Crippen MR) is 77.7 cm³/mol. The standard InChI is InChI=1S/C12H17IOSi/c1-15(2,3)14-12(9-10-13)11-7-5-4-6-8-11/h4-9H,10H2,1-3H3. The van der Waals surface area contributed by atoms with E-state index in [4.69, 9.17) is 4.43 Å². The first-order valence-electron chi connectivity index (χ1n) is 5.03. The highest BCUT2D eigenvalue weighted by Crippen LogP contribution is 2.21. The summed E-state index contributed by atoms with van der Waals surface area (Å²) in [6.45, 7) is 6.62. The zero-order chi connectivity index (χ0) is 11.3. The van der Waals surface area contributed by atoms with E-state index in [0.717, 1.165) is 10.2 Å². The van der Waals surface area contributed by atoms with Gasteiger partial charge < -0.3 is 4.43 Å². The molecule has 0 atom stereocenters. The summed E-state index contributed by atoms with van der Waals surface area (Å²) in [5.74, 6) is 1.03.